The van der Waals surface area contributed by atoms with Gasteiger partial charge in [0.15, 0.2) is 0 Å². The average molecular weight is 315 g/mol. The van der Waals surface area contributed by atoms with Gasteiger partial charge in [0, 0.05) is 18.4 Å². The van der Waals surface area contributed by atoms with E-state index in [4.69, 9.17) is 4.52 Å². The van der Waals surface area contributed by atoms with E-state index in [2.05, 4.69) is 25.7 Å². The lowest BCUT2D eigenvalue weighted by molar-refractivity contribution is -0.116. The largest absolute Gasteiger partial charge is 0.339 e. The van der Waals surface area contributed by atoms with Crippen molar-refractivity contribution in [1.29, 1.82) is 0 Å². The predicted molar refractivity (Wildman–Crippen MR) is 81.3 cm³/mol. The predicted octanol–water partition coefficient (Wildman–Crippen LogP) is 2.47. The second-order valence-electron chi connectivity index (χ2n) is 4.67. The van der Waals surface area contributed by atoms with E-state index in [1.54, 1.807) is 5.51 Å². The van der Waals surface area contributed by atoms with E-state index in [-0.39, 0.29) is 12.3 Å². The molecule has 1 N–H and O–H groups in total. The van der Waals surface area contributed by atoms with E-state index < -0.39 is 0 Å². The lowest BCUT2D eigenvalue weighted by atomic mass is 10.1. The number of anilines is 1. The van der Waals surface area contributed by atoms with Crippen molar-refractivity contribution in [3.63, 3.8) is 0 Å². The molecule has 0 saturated heterocycles. The Balaban J connectivity index is 1.57. The first-order chi connectivity index (χ1) is 10.7. The molecule has 1 amide bonds. The summed E-state index contributed by atoms with van der Waals surface area (Å²) in [6.07, 6.45) is 0.624. The minimum Gasteiger partial charge on any atom is -0.339 e. The third-order valence-electron chi connectivity index (χ3n) is 2.95. The van der Waals surface area contributed by atoms with Crippen molar-refractivity contribution in [2.45, 2.75) is 19.8 Å². The minimum atomic E-state index is -0.160. The van der Waals surface area contributed by atoms with Crippen molar-refractivity contribution in [3.8, 4) is 11.4 Å². The van der Waals surface area contributed by atoms with Gasteiger partial charge < -0.3 is 9.84 Å². The molecule has 0 atom stereocenters. The fraction of sp³-hybridized carbons (Fsp3) is 0.214. The number of carbonyl (C=O) groups excluding carboxylic acids is 1. The second-order valence-corrected chi connectivity index (χ2v) is 5.50. The summed E-state index contributed by atoms with van der Waals surface area (Å²) in [5.41, 5.74) is 3.61. The van der Waals surface area contributed by atoms with Crippen LogP contribution in [0.15, 0.2) is 34.3 Å². The number of nitrogens with one attached hydrogen (secondary N) is 1. The molecule has 0 saturated carbocycles. The van der Waals surface area contributed by atoms with Crippen molar-refractivity contribution < 1.29 is 9.32 Å². The lowest BCUT2D eigenvalue weighted by Gasteiger charge is -1.97. The Morgan fingerprint density at radius 1 is 1.32 bits per heavy atom. The first kappa shape index (κ1) is 14.3. The fourth-order valence-corrected chi connectivity index (χ4v) is 2.27. The standard InChI is InChI=1S/C14H13N5O2S/c1-9-2-4-10(5-3-9)13-17-12(21-19-13)7-6-11(20)16-14-18-15-8-22-14/h2-5,8H,6-7H2,1H3,(H,16,18,20). The molecule has 0 unspecified atom stereocenters. The maximum Gasteiger partial charge on any atom is 0.227 e. The van der Waals surface area contributed by atoms with Crippen LogP contribution in [-0.4, -0.2) is 26.2 Å². The third kappa shape index (κ3) is 3.53. The molecule has 0 radical (unpaired) electrons. The van der Waals surface area contributed by atoms with Gasteiger partial charge in [-0.05, 0) is 6.92 Å². The van der Waals surface area contributed by atoms with Crippen LogP contribution in [-0.2, 0) is 11.2 Å². The summed E-state index contributed by atoms with van der Waals surface area (Å²) in [5, 5.41) is 14.5. The highest BCUT2D eigenvalue weighted by Crippen LogP contribution is 2.17. The van der Waals surface area contributed by atoms with E-state index in [1.165, 1.54) is 16.9 Å². The fourth-order valence-electron chi connectivity index (χ4n) is 1.81. The summed E-state index contributed by atoms with van der Waals surface area (Å²) in [4.78, 5) is 16.0. The van der Waals surface area contributed by atoms with Gasteiger partial charge in [-0.25, -0.2) is 0 Å². The molecule has 0 spiro atoms. The van der Waals surface area contributed by atoms with Crippen LogP contribution < -0.4 is 5.32 Å². The first-order valence-electron chi connectivity index (χ1n) is 6.66. The Morgan fingerprint density at radius 2 is 2.14 bits per heavy atom. The Labute approximate surface area is 130 Å². The highest BCUT2D eigenvalue weighted by Gasteiger charge is 2.11. The molecule has 3 rings (SSSR count). The molecule has 22 heavy (non-hydrogen) atoms. The van der Waals surface area contributed by atoms with Crippen molar-refractivity contribution in [2.24, 2.45) is 0 Å². The summed E-state index contributed by atoms with van der Waals surface area (Å²) >= 11 is 1.27. The van der Waals surface area contributed by atoms with Crippen molar-refractivity contribution >= 4 is 22.4 Å². The molecule has 2 aromatic heterocycles. The zero-order chi connectivity index (χ0) is 15.4. The molecule has 112 valence electrons. The number of hydrogen-bond acceptors (Lipinski definition) is 7. The smallest absolute Gasteiger partial charge is 0.227 e. The number of benzene rings is 1. The normalized spacial score (nSPS) is 10.6. The van der Waals surface area contributed by atoms with Crippen molar-refractivity contribution in [1.82, 2.24) is 20.3 Å². The van der Waals surface area contributed by atoms with E-state index in [1.807, 2.05) is 31.2 Å². The molecule has 0 aliphatic rings. The molecule has 7 nitrogen and oxygen atoms in total. The summed E-state index contributed by atoms with van der Waals surface area (Å²) in [7, 11) is 0. The molecule has 8 heteroatoms. The topological polar surface area (TPSA) is 93.8 Å². The number of aryl methyl sites for hydroxylation is 2. The number of carbonyl (C=O) groups is 1. The molecule has 0 aliphatic carbocycles. The Bertz CT molecular complexity index is 752. The Hall–Kier alpha value is -2.61. The van der Waals surface area contributed by atoms with Crippen LogP contribution in [0.3, 0.4) is 0 Å². The van der Waals surface area contributed by atoms with E-state index in [0.717, 1.165) is 5.56 Å². The van der Waals surface area contributed by atoms with Crippen LogP contribution >= 0.6 is 11.3 Å². The summed E-state index contributed by atoms with van der Waals surface area (Å²) < 4.78 is 5.17. The van der Waals surface area contributed by atoms with Gasteiger partial charge in [0.05, 0.1) is 0 Å². The van der Waals surface area contributed by atoms with Crippen LogP contribution in [0, 0.1) is 6.92 Å². The van der Waals surface area contributed by atoms with E-state index in [9.17, 15) is 4.79 Å². The monoisotopic (exact) mass is 315 g/mol. The maximum absolute atomic E-state index is 11.7. The van der Waals surface area contributed by atoms with Crippen LogP contribution in [0.5, 0.6) is 0 Å². The Kier molecular flexibility index (Phi) is 4.19. The molecule has 0 bridgehead atoms. The average Bonchev–Trinajstić information content (AvgIpc) is 3.17. The number of rotatable bonds is 5. The van der Waals surface area contributed by atoms with Crippen molar-refractivity contribution in [2.75, 3.05) is 5.32 Å². The number of nitrogens with zero attached hydrogens (tertiary/aromatic N) is 4. The van der Waals surface area contributed by atoms with Crippen LogP contribution in [0.4, 0.5) is 5.13 Å². The minimum absolute atomic E-state index is 0.160. The zero-order valence-electron chi connectivity index (χ0n) is 11.8. The van der Waals surface area contributed by atoms with E-state index >= 15 is 0 Å². The van der Waals surface area contributed by atoms with Crippen LogP contribution in [0.2, 0.25) is 0 Å². The Morgan fingerprint density at radius 3 is 2.86 bits per heavy atom. The van der Waals surface area contributed by atoms with E-state index in [0.29, 0.717) is 23.3 Å². The SMILES string of the molecule is Cc1ccc(-c2noc(CCC(=O)Nc3nncs3)n2)cc1. The first-order valence-corrected chi connectivity index (χ1v) is 7.54. The summed E-state index contributed by atoms with van der Waals surface area (Å²) in [6.45, 7) is 2.02. The molecular weight excluding hydrogens is 302 g/mol. The molecule has 0 fully saturated rings. The molecule has 2 heterocycles. The molecule has 1 aromatic carbocycles. The van der Waals surface area contributed by atoms with Gasteiger partial charge in [-0.1, -0.05) is 46.3 Å². The third-order valence-corrected chi connectivity index (χ3v) is 3.56. The quantitative estimate of drug-likeness (QED) is 0.777. The van der Waals surface area contributed by atoms with Crippen LogP contribution in [0.25, 0.3) is 11.4 Å². The van der Waals surface area contributed by atoms with Crippen molar-refractivity contribution in [3.05, 3.63) is 41.2 Å². The summed E-state index contributed by atoms with van der Waals surface area (Å²) in [5.74, 6) is 0.800. The number of hydrogen-bond donors (Lipinski definition) is 1. The zero-order valence-corrected chi connectivity index (χ0v) is 12.6. The van der Waals surface area contributed by atoms with Gasteiger partial charge in [0.2, 0.25) is 22.8 Å². The molecular formula is C14H13N5O2S. The highest BCUT2D eigenvalue weighted by atomic mass is 32.1. The highest BCUT2D eigenvalue weighted by molar-refractivity contribution is 7.13. The molecule has 0 aliphatic heterocycles. The summed E-state index contributed by atoms with van der Waals surface area (Å²) in [6, 6.07) is 7.85. The van der Waals surface area contributed by atoms with Gasteiger partial charge in [-0.2, -0.15) is 4.98 Å². The van der Waals surface area contributed by atoms with Gasteiger partial charge in [-0.3, -0.25) is 4.79 Å². The maximum atomic E-state index is 11.7. The number of amides is 1. The lowest BCUT2D eigenvalue weighted by Crippen LogP contribution is -2.12. The number of aromatic nitrogens is 4. The van der Waals surface area contributed by atoms with Gasteiger partial charge >= 0.3 is 0 Å². The van der Waals surface area contributed by atoms with Gasteiger partial charge in [0.25, 0.3) is 0 Å². The second kappa shape index (κ2) is 6.44. The van der Waals surface area contributed by atoms with Gasteiger partial charge in [0.1, 0.15) is 5.51 Å². The van der Waals surface area contributed by atoms with Gasteiger partial charge in [-0.15, -0.1) is 10.2 Å². The van der Waals surface area contributed by atoms with Crippen LogP contribution in [0.1, 0.15) is 17.9 Å². The molecule has 3 aromatic rings.